The molecule has 0 aliphatic carbocycles. The fourth-order valence-corrected chi connectivity index (χ4v) is 5.40. The fourth-order valence-electron chi connectivity index (χ4n) is 4.37. The predicted octanol–water partition coefficient (Wildman–Crippen LogP) is 8.81. The van der Waals surface area contributed by atoms with E-state index in [4.69, 9.17) is 9.15 Å². The first kappa shape index (κ1) is 31.2. The van der Waals surface area contributed by atoms with Gasteiger partial charge in [-0.05, 0) is 37.5 Å². The molecule has 1 heterocycles. The molecule has 5 nitrogen and oxygen atoms in total. The number of allylic oxidation sites excluding steroid dienone is 1. The van der Waals surface area contributed by atoms with E-state index in [1.807, 2.05) is 6.07 Å². The summed E-state index contributed by atoms with van der Waals surface area (Å²) >= 11 is 1.50. The molecule has 6 heteroatoms. The van der Waals surface area contributed by atoms with Gasteiger partial charge in [-0.2, -0.15) is 0 Å². The van der Waals surface area contributed by atoms with Crippen molar-refractivity contribution in [2.45, 2.75) is 121 Å². The summed E-state index contributed by atoms with van der Waals surface area (Å²) in [5.74, 6) is -0.794. The van der Waals surface area contributed by atoms with E-state index < -0.39 is 12.1 Å². The average Bonchev–Trinajstić information content (AvgIpc) is 2.90. The first-order chi connectivity index (χ1) is 18.0. The molecule has 0 aliphatic heterocycles. The Kier molecular flexibility index (Phi) is 15.4. The van der Waals surface area contributed by atoms with Gasteiger partial charge in [0.1, 0.15) is 5.58 Å². The molecular formula is C31H46O5S. The summed E-state index contributed by atoms with van der Waals surface area (Å²) in [6.07, 6.45) is 19.8. The van der Waals surface area contributed by atoms with Crippen LogP contribution in [0, 0.1) is 0 Å². The van der Waals surface area contributed by atoms with Gasteiger partial charge in [0.2, 0.25) is 5.76 Å². The minimum atomic E-state index is -0.681. The lowest BCUT2D eigenvalue weighted by Crippen LogP contribution is -2.09. The molecule has 1 atom stereocenters. The number of ether oxygens (including phenoxy) is 1. The molecule has 2 aromatic rings. The molecule has 37 heavy (non-hydrogen) atoms. The Morgan fingerprint density at radius 1 is 0.946 bits per heavy atom. The summed E-state index contributed by atoms with van der Waals surface area (Å²) < 4.78 is 10.3. The lowest BCUT2D eigenvalue weighted by Gasteiger charge is -2.15. The van der Waals surface area contributed by atoms with Gasteiger partial charge >= 0.3 is 5.97 Å². The number of unbranched alkanes of at least 4 members (excludes halogenated alkanes) is 12. The van der Waals surface area contributed by atoms with Crippen LogP contribution in [0.3, 0.4) is 0 Å². The van der Waals surface area contributed by atoms with Crippen molar-refractivity contribution >= 4 is 28.7 Å². The third-order valence-electron chi connectivity index (χ3n) is 6.64. The zero-order chi connectivity index (χ0) is 26.9. The highest BCUT2D eigenvalue weighted by atomic mass is 32.2. The van der Waals surface area contributed by atoms with Crippen molar-refractivity contribution in [3.05, 3.63) is 51.2 Å². The van der Waals surface area contributed by atoms with Crippen LogP contribution in [0.15, 0.2) is 49.4 Å². The number of benzene rings is 1. The summed E-state index contributed by atoms with van der Waals surface area (Å²) in [4.78, 5) is 26.0. The number of aliphatic hydroxyl groups is 1. The third kappa shape index (κ3) is 11.5. The normalized spacial score (nSPS) is 12.7. The second-order valence-corrected chi connectivity index (χ2v) is 11.0. The first-order valence-corrected chi connectivity index (χ1v) is 15.0. The molecule has 0 amide bonds. The molecule has 0 saturated carbocycles. The van der Waals surface area contributed by atoms with Gasteiger partial charge in [0.05, 0.1) is 18.6 Å². The molecule has 0 spiro atoms. The SMILES string of the molecule is CCCCCCCCCCCCCC=C(Sc1ccc2c(=O)cc(C(=O)OC)oc2c1)[C@H](O)CCCC. The monoisotopic (exact) mass is 530 g/mol. The number of aliphatic hydroxyl groups excluding tert-OH is 1. The molecule has 206 valence electrons. The molecular weight excluding hydrogens is 484 g/mol. The van der Waals surface area contributed by atoms with Crippen molar-refractivity contribution in [3.63, 3.8) is 0 Å². The summed E-state index contributed by atoms with van der Waals surface area (Å²) in [6.45, 7) is 4.38. The van der Waals surface area contributed by atoms with Crippen LogP contribution in [0.2, 0.25) is 0 Å². The maximum absolute atomic E-state index is 12.4. The van der Waals surface area contributed by atoms with E-state index in [0.717, 1.165) is 48.0 Å². The van der Waals surface area contributed by atoms with E-state index >= 15 is 0 Å². The molecule has 1 N–H and O–H groups in total. The van der Waals surface area contributed by atoms with Gasteiger partial charge in [-0.3, -0.25) is 4.79 Å². The van der Waals surface area contributed by atoms with Gasteiger partial charge in [0, 0.05) is 15.9 Å². The second kappa shape index (κ2) is 18.2. The van der Waals surface area contributed by atoms with E-state index in [0.29, 0.717) is 11.0 Å². The van der Waals surface area contributed by atoms with E-state index in [9.17, 15) is 14.7 Å². The van der Waals surface area contributed by atoms with E-state index in [2.05, 4.69) is 19.9 Å². The molecule has 0 aliphatic rings. The quantitative estimate of drug-likeness (QED) is 0.111. The maximum atomic E-state index is 12.4. The Labute approximate surface area is 227 Å². The molecule has 0 bridgehead atoms. The van der Waals surface area contributed by atoms with Crippen LogP contribution in [-0.2, 0) is 4.74 Å². The van der Waals surface area contributed by atoms with Crippen molar-refractivity contribution in [3.8, 4) is 0 Å². The van der Waals surface area contributed by atoms with Crippen LogP contribution >= 0.6 is 11.8 Å². The molecule has 0 unspecified atom stereocenters. The summed E-state index contributed by atoms with van der Waals surface area (Å²) in [5.41, 5.74) is 0.0547. The van der Waals surface area contributed by atoms with E-state index in [1.165, 1.54) is 83.1 Å². The van der Waals surface area contributed by atoms with Crippen molar-refractivity contribution < 1.29 is 19.1 Å². The summed E-state index contributed by atoms with van der Waals surface area (Å²) in [5, 5.41) is 11.3. The van der Waals surface area contributed by atoms with Gasteiger partial charge in [0.25, 0.3) is 0 Å². The molecule has 1 aromatic heterocycles. The van der Waals surface area contributed by atoms with Crippen LogP contribution < -0.4 is 5.43 Å². The lowest BCUT2D eigenvalue weighted by molar-refractivity contribution is 0.0565. The molecule has 2 rings (SSSR count). The van der Waals surface area contributed by atoms with Crippen LogP contribution in [0.5, 0.6) is 0 Å². The number of carbonyl (C=O) groups excluding carboxylic acids is 1. The van der Waals surface area contributed by atoms with Crippen molar-refractivity contribution in [1.29, 1.82) is 0 Å². The lowest BCUT2D eigenvalue weighted by atomic mass is 10.0. The average molecular weight is 531 g/mol. The number of esters is 1. The number of fused-ring (bicyclic) bond motifs is 1. The molecule has 1 aromatic carbocycles. The minimum absolute atomic E-state index is 0.114. The highest BCUT2D eigenvalue weighted by Crippen LogP contribution is 2.33. The number of thioether (sulfide) groups is 1. The van der Waals surface area contributed by atoms with E-state index in [1.54, 1.807) is 12.1 Å². The predicted molar refractivity (Wildman–Crippen MR) is 154 cm³/mol. The van der Waals surface area contributed by atoms with Gasteiger partial charge in [-0.1, -0.05) is 109 Å². The largest absolute Gasteiger partial charge is 0.463 e. The zero-order valence-corrected chi connectivity index (χ0v) is 23.9. The second-order valence-electron chi connectivity index (χ2n) is 9.82. The number of rotatable bonds is 19. The molecule has 0 radical (unpaired) electrons. The van der Waals surface area contributed by atoms with Gasteiger partial charge in [-0.15, -0.1) is 0 Å². The minimum Gasteiger partial charge on any atom is -0.463 e. The smallest absolute Gasteiger partial charge is 0.374 e. The first-order valence-electron chi connectivity index (χ1n) is 14.2. The number of carbonyl (C=O) groups is 1. The Balaban J connectivity index is 1.94. The Bertz CT molecular complexity index is 1030. The van der Waals surface area contributed by atoms with Gasteiger partial charge < -0.3 is 14.3 Å². The van der Waals surface area contributed by atoms with Crippen molar-refractivity contribution in [2.24, 2.45) is 0 Å². The highest BCUT2D eigenvalue weighted by Gasteiger charge is 2.15. The standard InChI is InChI=1S/C31H46O5S/c1-4-6-8-9-10-11-12-13-14-15-16-17-19-30(26(32)18-7-5-2)37-24-20-21-25-27(33)23-29(31(34)35-3)36-28(25)22-24/h19-23,26,32H,4-18H2,1-3H3/t26-/m1/s1. The topological polar surface area (TPSA) is 76.7 Å². The van der Waals surface area contributed by atoms with Crippen molar-refractivity contribution in [1.82, 2.24) is 0 Å². The third-order valence-corrected chi connectivity index (χ3v) is 7.80. The van der Waals surface area contributed by atoms with Crippen LogP contribution in [0.1, 0.15) is 121 Å². The molecule has 0 saturated heterocycles. The van der Waals surface area contributed by atoms with Crippen LogP contribution in [0.25, 0.3) is 11.0 Å². The van der Waals surface area contributed by atoms with Crippen molar-refractivity contribution in [2.75, 3.05) is 7.11 Å². The number of methoxy groups -OCH3 is 1. The van der Waals surface area contributed by atoms with E-state index in [-0.39, 0.29) is 11.2 Å². The zero-order valence-electron chi connectivity index (χ0n) is 23.1. The van der Waals surface area contributed by atoms with Gasteiger partial charge in [-0.25, -0.2) is 4.79 Å². The Hall–Kier alpha value is -2.05. The highest BCUT2D eigenvalue weighted by molar-refractivity contribution is 8.03. The Morgan fingerprint density at radius 3 is 2.19 bits per heavy atom. The molecule has 0 fully saturated rings. The van der Waals surface area contributed by atoms with Crippen LogP contribution in [0.4, 0.5) is 0 Å². The fraction of sp³-hybridized carbons (Fsp3) is 0.613. The Morgan fingerprint density at radius 2 is 1.57 bits per heavy atom. The summed E-state index contributed by atoms with van der Waals surface area (Å²) in [7, 11) is 1.25. The van der Waals surface area contributed by atoms with Gasteiger partial charge in [0.15, 0.2) is 5.43 Å². The van der Waals surface area contributed by atoms with Crippen LogP contribution in [-0.4, -0.2) is 24.3 Å². The maximum Gasteiger partial charge on any atom is 0.374 e. The summed E-state index contributed by atoms with van der Waals surface area (Å²) in [6, 6.07) is 6.50. The number of hydrogen-bond acceptors (Lipinski definition) is 6. The number of hydrogen-bond donors (Lipinski definition) is 1.